The first-order chi connectivity index (χ1) is 46.9. The van der Waals surface area contributed by atoms with Crippen molar-refractivity contribution >= 4 is 26.9 Å². The summed E-state index contributed by atoms with van der Waals surface area (Å²) in [6.07, 6.45) is 11.6. The van der Waals surface area contributed by atoms with E-state index in [-0.39, 0.29) is 102 Å². The normalized spacial score (nSPS) is 32.1. The molecule has 15 heteroatoms. The third kappa shape index (κ3) is 12.1. The van der Waals surface area contributed by atoms with Crippen LogP contribution in [0.2, 0.25) is 0 Å². The van der Waals surface area contributed by atoms with Crippen molar-refractivity contribution in [3.05, 3.63) is 223 Å². The number of ether oxygens (including phenoxy) is 2. The number of aryl methyl sites for hydroxylation is 3. The molecule has 0 spiro atoms. The number of aliphatic hydroxyl groups is 3. The summed E-state index contributed by atoms with van der Waals surface area (Å²) in [4.78, 5) is 5.42. The topological polar surface area (TPSA) is 233 Å². The monoisotopic (exact) mass is 1340 g/mol. The number of allylic oxidation sites excluding steroid dienone is 1. The van der Waals surface area contributed by atoms with E-state index in [9.17, 15) is 33.4 Å². The number of aliphatic hydroxyl groups excluding tert-OH is 2. The fourth-order valence-corrected chi connectivity index (χ4v) is 22.0. The fraction of sp³-hybridized carbons (Fsp3) is 0.458. The second kappa shape index (κ2) is 26.9. The first-order valence-corrected chi connectivity index (χ1v) is 37.5. The first kappa shape index (κ1) is 67.5. The average molecular weight is 1340 g/mol. The number of phenolic OH excluding ortho intramolecular Hbond substituents is 1. The predicted molar refractivity (Wildman–Crippen MR) is 377 cm³/mol. The molecule has 3 fully saturated rings. The Morgan fingerprint density at radius 1 is 0.796 bits per heavy atom. The van der Waals surface area contributed by atoms with Gasteiger partial charge in [-0.3, -0.25) is 0 Å². The maximum Gasteiger partial charge on any atom is 1.00 e. The molecule has 13 nitrogen and oxygen atoms in total. The molecule has 9 N–H and O–H groups in total. The van der Waals surface area contributed by atoms with Gasteiger partial charge in [0, 0.05) is 54.0 Å². The van der Waals surface area contributed by atoms with E-state index in [4.69, 9.17) is 25.9 Å². The molecule has 0 radical (unpaired) electrons. The van der Waals surface area contributed by atoms with Crippen LogP contribution in [0.5, 0.6) is 11.5 Å². The van der Waals surface area contributed by atoms with Gasteiger partial charge in [-0.2, -0.15) is 0 Å². The summed E-state index contributed by atoms with van der Waals surface area (Å²) in [5.74, 6) is 4.21. The zero-order valence-electron chi connectivity index (χ0n) is 56.7. The Labute approximate surface area is 599 Å². The van der Waals surface area contributed by atoms with E-state index in [1.165, 1.54) is 44.2 Å². The molecule has 11 aliphatic rings. The van der Waals surface area contributed by atoms with Crippen molar-refractivity contribution in [3.8, 4) is 23.3 Å². The third-order valence-electron chi connectivity index (χ3n) is 25.3. The van der Waals surface area contributed by atoms with E-state index < -0.39 is 62.6 Å². The van der Waals surface area contributed by atoms with E-state index in [1.54, 1.807) is 12.1 Å². The summed E-state index contributed by atoms with van der Waals surface area (Å²) in [6, 6.07) is 45.9. The van der Waals surface area contributed by atoms with Crippen LogP contribution in [-0.4, -0.2) is 70.0 Å². The Balaban J connectivity index is 0.00000784. The number of aliphatic imine (C=N–C) groups is 1. The summed E-state index contributed by atoms with van der Waals surface area (Å²) >= 11 is 0. The maximum atomic E-state index is 14.6. The molecule has 6 aliphatic carbocycles. The molecule has 7 aromatic rings. The molecule has 0 unspecified atom stereocenters. The Kier molecular flexibility index (Phi) is 18.5. The van der Waals surface area contributed by atoms with Crippen LogP contribution in [0.25, 0.3) is 10.8 Å². The number of nitrogens with zero attached hydrogens (tertiary/aromatic N) is 1. The summed E-state index contributed by atoms with van der Waals surface area (Å²) in [7, 11) is -2.97. The minimum absolute atomic E-state index is 0. The van der Waals surface area contributed by atoms with Gasteiger partial charge in [-0.25, -0.2) is 13.4 Å². The van der Waals surface area contributed by atoms with Gasteiger partial charge in [0.2, 0.25) is 5.72 Å². The van der Waals surface area contributed by atoms with Gasteiger partial charge in [-0.15, -0.1) is 0 Å². The van der Waals surface area contributed by atoms with Crippen molar-refractivity contribution in [1.29, 1.82) is 0 Å². The van der Waals surface area contributed by atoms with E-state index in [2.05, 4.69) is 133 Å². The molecule has 0 amide bonds. The molecule has 17 atom stereocenters. The third-order valence-corrected chi connectivity index (χ3v) is 26.6. The molecule has 2 saturated carbocycles. The summed E-state index contributed by atoms with van der Waals surface area (Å²) < 4.78 is 58.7. The minimum atomic E-state index is -4.98. The fourth-order valence-electron chi connectivity index (χ4n) is 20.9. The van der Waals surface area contributed by atoms with Crippen LogP contribution in [0.1, 0.15) is 198 Å². The van der Waals surface area contributed by atoms with E-state index >= 15 is 0 Å². The number of nitrogens with two attached hydrogens (primary N) is 2. The summed E-state index contributed by atoms with van der Waals surface area (Å²) in [5, 5.41) is 53.6. The van der Waals surface area contributed by atoms with Crippen molar-refractivity contribution in [2.45, 2.75) is 181 Å². The van der Waals surface area contributed by atoms with Gasteiger partial charge < -0.3 is 51.2 Å². The first-order valence-electron chi connectivity index (χ1n) is 36.0. The number of guanidine groups is 1. The van der Waals surface area contributed by atoms with Gasteiger partial charge in [0.05, 0.1) is 33.2 Å². The van der Waals surface area contributed by atoms with Gasteiger partial charge in [-0.05, 0) is 265 Å². The second-order valence-corrected chi connectivity index (χ2v) is 32.2. The molecule has 18 rings (SSSR count). The van der Waals surface area contributed by atoms with Crippen LogP contribution < -0.4 is 51.1 Å². The number of nitrogens with one attached hydrogen (secondary N) is 1. The molecule has 5 heterocycles. The van der Waals surface area contributed by atoms with Crippen LogP contribution in [0.3, 0.4) is 0 Å². The van der Waals surface area contributed by atoms with Crippen molar-refractivity contribution in [2.75, 3.05) is 13.7 Å². The van der Waals surface area contributed by atoms with Crippen LogP contribution in [0, 0.1) is 53.3 Å². The molecule has 5 aliphatic heterocycles. The standard InChI is InChI=1S/C83H92N4O9S.Na/c1-47-14-15-55-40-64-27-32-66(55)71(47)43-75(97(92,93)94)72-42-59-38-58(41-65-34-49(46-88)10-6-12-53-39-63(89)26-31-69(53)80(59)95-65)76(72)51-16-23-62(24-17-51)83(96-64,87-81(84)85)73-33-25-61-22-18-57(44-82(61,91)74(73)35-48-8-4-3-5-9-48)52-20-29-68-54(36-52)21-28-67-60(45-86-2)37-56-13-7-11-50-19-30-70(79(68)90)78(67)77(50)56;/h3-5,7-9,11,13,16-17,20,23-24,26-27,29,31-32,36-37,39-40,42,47,49,57-58,61,65,70-76,79-80,86,88-91H,10,14-15,18-19,21-22,25,28,30,33-35,38,41,43-46H2,1-2H3,(H4,84,85,87)(H,92,93,94);/q;+1/p-1/t47-,49-,57+,58+,61+,65+,70+,71-,72+,73-,74+,75+,76-,79+,80+,82-,83-;/m0./s1. The number of hydrogen-bond donors (Lipinski definition) is 7. The van der Waals surface area contributed by atoms with Gasteiger partial charge >= 0.3 is 29.6 Å². The van der Waals surface area contributed by atoms with Crippen molar-refractivity contribution in [2.24, 2.45) is 57.9 Å². The van der Waals surface area contributed by atoms with Gasteiger partial charge in [0.15, 0.2) is 5.96 Å². The Morgan fingerprint density at radius 3 is 2.37 bits per heavy atom. The molecular weight excluding hydrogens is 1250 g/mol. The average Bonchev–Trinajstić information content (AvgIpc) is 1.10. The van der Waals surface area contributed by atoms with E-state index in [0.29, 0.717) is 74.7 Å². The number of benzene rings is 7. The van der Waals surface area contributed by atoms with Gasteiger partial charge in [0.1, 0.15) is 17.6 Å². The quantitative estimate of drug-likeness (QED) is 0.0179. The minimum Gasteiger partial charge on any atom is -0.748 e. The predicted octanol–water partition coefficient (Wildman–Crippen LogP) is 10.1. The van der Waals surface area contributed by atoms with Crippen LogP contribution in [0.4, 0.5) is 0 Å². The SMILES string of the molecule is CNCc1cc2cccc3c2c2c1CCc1cc([C@@H]4CC[C@@H]5CC[C@H]([C@@]6(N=C(N)N)Oc7ccc8c(c7)CC[C@H](C)[C@@H]8C[C@@H](S(=O)(=O)[O-])[C@H]7C=C8C[C@H](C[C@H]9C[C@@H](CO)CC#Cc%10cc(O)ccc%10[C@@H]8O9)[C@@H]7c7ccc6cc7)[C@@H](Cc6ccccc6)[C@]5(O)C4)ccc1[C@@H](O)[C@@H]2CC3.[Na+]. The van der Waals surface area contributed by atoms with Crippen LogP contribution in [-0.2, 0) is 59.2 Å². The number of phenols is 1. The maximum absolute atomic E-state index is 14.6. The molecule has 10 bridgehead atoms. The molecule has 1 saturated heterocycles. The Morgan fingerprint density at radius 2 is 1.57 bits per heavy atom. The van der Waals surface area contributed by atoms with Crippen molar-refractivity contribution < 1.29 is 72.4 Å². The smallest absolute Gasteiger partial charge is 0.748 e. The van der Waals surface area contributed by atoms with Crippen molar-refractivity contribution in [1.82, 2.24) is 5.32 Å². The molecule has 7 aromatic carbocycles. The van der Waals surface area contributed by atoms with E-state index in [1.807, 2.05) is 25.2 Å². The molecule has 98 heavy (non-hydrogen) atoms. The largest absolute Gasteiger partial charge is 1.00 e. The molecule has 0 aromatic heterocycles. The Hall–Kier alpha value is -6.32. The zero-order chi connectivity index (χ0) is 66.6. The van der Waals surface area contributed by atoms with Gasteiger partial charge in [0.25, 0.3) is 0 Å². The van der Waals surface area contributed by atoms with Gasteiger partial charge in [-0.1, -0.05) is 128 Å². The van der Waals surface area contributed by atoms with Crippen molar-refractivity contribution in [3.63, 3.8) is 0 Å². The zero-order valence-corrected chi connectivity index (χ0v) is 59.5. The molecular formula is C83H91N4NaO9S. The second-order valence-electron chi connectivity index (χ2n) is 30.6. The number of aromatic hydroxyl groups is 1. The summed E-state index contributed by atoms with van der Waals surface area (Å²) in [6.45, 7) is 2.84. The number of fused-ring (bicyclic) bond motifs is 10. The van der Waals surface area contributed by atoms with E-state index in [0.717, 1.165) is 90.4 Å². The number of rotatable bonds is 9. The summed E-state index contributed by atoms with van der Waals surface area (Å²) in [5.41, 5.74) is 26.5. The Bertz CT molecular complexity index is 4450. The van der Waals surface area contributed by atoms with Crippen LogP contribution in [0.15, 0.2) is 150 Å². The van der Waals surface area contributed by atoms with Crippen LogP contribution >= 0.6 is 0 Å². The number of hydrogen-bond acceptors (Lipinski definition) is 11. The molecule has 504 valence electrons.